The van der Waals surface area contributed by atoms with Gasteiger partial charge < -0.3 is 10.2 Å². The fourth-order valence-corrected chi connectivity index (χ4v) is 3.47. The summed E-state index contributed by atoms with van der Waals surface area (Å²) in [6.07, 6.45) is 0.377. The highest BCUT2D eigenvalue weighted by molar-refractivity contribution is 5.84. The van der Waals surface area contributed by atoms with E-state index in [0.717, 1.165) is 0 Å². The summed E-state index contributed by atoms with van der Waals surface area (Å²) in [4.78, 5) is 2.47. The Balaban J connectivity index is 1.95. The molecular weight excluding hydrogens is 232 g/mol. The minimum Gasteiger partial charge on any atom is -0.363 e. The topological polar surface area (TPSA) is 15.3 Å². The molecule has 3 atom stereocenters. The highest BCUT2D eigenvalue weighted by Crippen LogP contribution is 2.50. The van der Waals surface area contributed by atoms with Gasteiger partial charge in [0, 0.05) is 11.6 Å². The number of rotatable bonds is 0. The van der Waals surface area contributed by atoms with E-state index in [1.807, 2.05) is 0 Å². The molecule has 0 spiro atoms. The van der Waals surface area contributed by atoms with Crippen molar-refractivity contribution in [2.24, 2.45) is 5.92 Å². The zero-order chi connectivity index (χ0) is 13.0. The predicted octanol–water partition coefficient (Wildman–Crippen LogP) is 4.33. The largest absolute Gasteiger partial charge is 0.363 e. The molecule has 2 heteroatoms. The van der Waals surface area contributed by atoms with Gasteiger partial charge in [0.2, 0.25) is 0 Å². The SMILES string of the molecule is CC1c2ccccc2N2c3ccccc3NC2C1C. The maximum atomic E-state index is 3.68. The molecule has 0 fully saturated rings. The minimum absolute atomic E-state index is 0.377. The summed E-state index contributed by atoms with van der Waals surface area (Å²) >= 11 is 0. The molecule has 0 saturated heterocycles. The van der Waals surface area contributed by atoms with Crippen LogP contribution in [0.1, 0.15) is 25.3 Å². The monoisotopic (exact) mass is 250 g/mol. The van der Waals surface area contributed by atoms with Crippen LogP contribution in [0.3, 0.4) is 0 Å². The summed E-state index contributed by atoms with van der Waals surface area (Å²) in [5.74, 6) is 1.17. The van der Waals surface area contributed by atoms with E-state index in [1.165, 1.54) is 22.6 Å². The van der Waals surface area contributed by atoms with Gasteiger partial charge in [-0.1, -0.05) is 44.2 Å². The molecule has 2 aromatic carbocycles. The lowest BCUT2D eigenvalue weighted by molar-refractivity contribution is 0.408. The molecule has 1 N–H and O–H groups in total. The molecule has 0 aromatic heterocycles. The zero-order valence-electron chi connectivity index (χ0n) is 11.3. The number of para-hydroxylation sites is 3. The molecule has 0 radical (unpaired) electrons. The Morgan fingerprint density at radius 3 is 2.42 bits per heavy atom. The van der Waals surface area contributed by atoms with Gasteiger partial charge in [-0.15, -0.1) is 0 Å². The Morgan fingerprint density at radius 2 is 1.58 bits per heavy atom. The van der Waals surface area contributed by atoms with Crippen molar-refractivity contribution in [1.29, 1.82) is 0 Å². The van der Waals surface area contributed by atoms with Gasteiger partial charge >= 0.3 is 0 Å². The first kappa shape index (κ1) is 10.9. The molecule has 0 bridgehead atoms. The van der Waals surface area contributed by atoms with Gasteiger partial charge in [-0.3, -0.25) is 0 Å². The standard InChI is InChI=1S/C17H18N2/c1-11-12(2)17-18-14-8-4-6-10-16(14)19(17)15-9-5-3-7-13(11)15/h3-12,17-18H,1-2H3. The van der Waals surface area contributed by atoms with Crippen LogP contribution in [-0.4, -0.2) is 6.17 Å². The first-order valence-corrected chi connectivity index (χ1v) is 7.01. The average molecular weight is 250 g/mol. The lowest BCUT2D eigenvalue weighted by Crippen LogP contribution is -2.43. The fourth-order valence-electron chi connectivity index (χ4n) is 3.47. The van der Waals surface area contributed by atoms with Gasteiger partial charge in [-0.25, -0.2) is 0 Å². The summed E-state index contributed by atoms with van der Waals surface area (Å²) in [5, 5.41) is 3.68. The van der Waals surface area contributed by atoms with Crippen molar-refractivity contribution in [3.05, 3.63) is 54.1 Å². The van der Waals surface area contributed by atoms with E-state index in [4.69, 9.17) is 0 Å². The number of benzene rings is 2. The van der Waals surface area contributed by atoms with E-state index >= 15 is 0 Å². The first-order valence-electron chi connectivity index (χ1n) is 7.01. The van der Waals surface area contributed by atoms with Crippen molar-refractivity contribution in [3.8, 4) is 0 Å². The molecule has 3 unspecified atom stereocenters. The molecule has 2 aliphatic heterocycles. The Hall–Kier alpha value is -1.96. The average Bonchev–Trinajstić information content (AvgIpc) is 2.84. The molecule has 4 rings (SSSR count). The third-order valence-electron chi connectivity index (χ3n) is 4.72. The Morgan fingerprint density at radius 1 is 0.895 bits per heavy atom. The normalized spacial score (nSPS) is 27.3. The Kier molecular flexibility index (Phi) is 2.16. The Bertz CT molecular complexity index is 629. The second-order valence-electron chi connectivity index (χ2n) is 5.68. The quantitative estimate of drug-likeness (QED) is 0.748. The van der Waals surface area contributed by atoms with Crippen molar-refractivity contribution in [2.45, 2.75) is 25.9 Å². The van der Waals surface area contributed by atoms with Crippen molar-refractivity contribution in [1.82, 2.24) is 0 Å². The predicted molar refractivity (Wildman–Crippen MR) is 80.0 cm³/mol. The summed E-state index contributed by atoms with van der Waals surface area (Å²) in [6.45, 7) is 4.68. The number of anilines is 3. The summed E-state index contributed by atoms with van der Waals surface area (Å²) in [5.41, 5.74) is 5.38. The van der Waals surface area contributed by atoms with Crippen LogP contribution < -0.4 is 10.2 Å². The summed E-state index contributed by atoms with van der Waals surface area (Å²) in [7, 11) is 0. The molecule has 19 heavy (non-hydrogen) atoms. The van der Waals surface area contributed by atoms with E-state index in [0.29, 0.717) is 18.0 Å². The van der Waals surface area contributed by atoms with Crippen molar-refractivity contribution in [2.75, 3.05) is 10.2 Å². The van der Waals surface area contributed by atoms with Gasteiger partial charge in [0.15, 0.2) is 0 Å². The molecule has 96 valence electrons. The fraction of sp³-hybridized carbons (Fsp3) is 0.294. The van der Waals surface area contributed by atoms with E-state index in [1.54, 1.807) is 0 Å². The minimum atomic E-state index is 0.377. The van der Waals surface area contributed by atoms with Crippen LogP contribution in [0.2, 0.25) is 0 Å². The van der Waals surface area contributed by atoms with E-state index in [9.17, 15) is 0 Å². The van der Waals surface area contributed by atoms with Crippen LogP contribution in [0.4, 0.5) is 17.1 Å². The molecule has 0 saturated carbocycles. The molecular formula is C17H18N2. The molecule has 2 heterocycles. The van der Waals surface area contributed by atoms with Crippen LogP contribution in [0.5, 0.6) is 0 Å². The lowest BCUT2D eigenvalue weighted by Gasteiger charge is -2.41. The van der Waals surface area contributed by atoms with Crippen LogP contribution in [0.25, 0.3) is 0 Å². The molecule has 2 aromatic rings. The summed E-state index contributed by atoms with van der Waals surface area (Å²) in [6, 6.07) is 17.4. The third kappa shape index (κ3) is 1.37. The van der Waals surface area contributed by atoms with Gasteiger partial charge in [0.05, 0.1) is 11.4 Å². The lowest BCUT2D eigenvalue weighted by atomic mass is 9.82. The zero-order valence-corrected chi connectivity index (χ0v) is 11.3. The van der Waals surface area contributed by atoms with Crippen LogP contribution in [-0.2, 0) is 0 Å². The number of hydrogen-bond donors (Lipinski definition) is 1. The maximum absolute atomic E-state index is 3.68. The van der Waals surface area contributed by atoms with Gasteiger partial charge in [0.25, 0.3) is 0 Å². The maximum Gasteiger partial charge on any atom is 0.107 e. The molecule has 0 amide bonds. The highest BCUT2D eigenvalue weighted by atomic mass is 15.3. The van der Waals surface area contributed by atoms with Crippen molar-refractivity contribution < 1.29 is 0 Å². The molecule has 0 aliphatic carbocycles. The van der Waals surface area contributed by atoms with E-state index in [-0.39, 0.29) is 0 Å². The number of hydrogen-bond acceptors (Lipinski definition) is 2. The van der Waals surface area contributed by atoms with Gasteiger partial charge in [-0.05, 0) is 29.7 Å². The van der Waals surface area contributed by atoms with Gasteiger partial charge in [0.1, 0.15) is 6.17 Å². The van der Waals surface area contributed by atoms with Crippen LogP contribution in [0, 0.1) is 5.92 Å². The third-order valence-corrected chi connectivity index (χ3v) is 4.72. The second kappa shape index (κ2) is 3.77. The first-order chi connectivity index (χ1) is 9.27. The van der Waals surface area contributed by atoms with E-state index in [2.05, 4.69) is 72.6 Å². The number of nitrogens with one attached hydrogen (secondary N) is 1. The molecule has 2 nitrogen and oxygen atoms in total. The van der Waals surface area contributed by atoms with E-state index < -0.39 is 0 Å². The van der Waals surface area contributed by atoms with Crippen molar-refractivity contribution >= 4 is 17.1 Å². The summed E-state index contributed by atoms with van der Waals surface area (Å²) < 4.78 is 0. The van der Waals surface area contributed by atoms with Gasteiger partial charge in [-0.2, -0.15) is 0 Å². The molecule has 2 aliphatic rings. The number of nitrogens with zero attached hydrogens (tertiary/aromatic N) is 1. The Labute approximate surface area is 114 Å². The smallest absolute Gasteiger partial charge is 0.107 e. The highest BCUT2D eigenvalue weighted by Gasteiger charge is 2.41. The number of fused-ring (bicyclic) bond motifs is 5. The second-order valence-corrected chi connectivity index (χ2v) is 5.68. The van der Waals surface area contributed by atoms with Crippen LogP contribution >= 0.6 is 0 Å². The van der Waals surface area contributed by atoms with Crippen molar-refractivity contribution in [3.63, 3.8) is 0 Å². The van der Waals surface area contributed by atoms with Crippen LogP contribution in [0.15, 0.2) is 48.5 Å².